The van der Waals surface area contributed by atoms with Gasteiger partial charge in [-0.3, -0.25) is 0 Å². The Hall–Kier alpha value is -4.26. The number of hydrogen-bond donors (Lipinski definition) is 2. The zero-order chi connectivity index (χ0) is 25.8. The van der Waals surface area contributed by atoms with E-state index in [1.54, 1.807) is 45.2 Å². The molecule has 0 spiro atoms. The van der Waals surface area contributed by atoms with Crippen molar-refractivity contribution in [2.24, 2.45) is 0 Å². The smallest absolute Gasteiger partial charge is 0.338 e. The van der Waals surface area contributed by atoms with Gasteiger partial charge in [0.25, 0.3) is 0 Å². The number of nitrogens with one attached hydrogen (secondary N) is 2. The molecular weight excluding hydrogens is 456 g/mol. The number of amides is 2. The standard InChI is InChI=1S/C29H30N2O5/c1-17(2)35-28(32)25-26(20-8-12-22(34-5)13-9-20)30-29(33)31-27(25)21-10-14-23(15-11-21)36-24-16-18(3)6-7-19(24)4/h6-17,27H,1-5H3,(H2,30,31,33). The maximum absolute atomic E-state index is 13.3. The lowest BCUT2D eigenvalue weighted by Gasteiger charge is -2.30. The number of carbonyl (C=O) groups is 2. The molecule has 0 aromatic heterocycles. The zero-order valence-electron chi connectivity index (χ0n) is 21.0. The first-order chi connectivity index (χ1) is 17.2. The molecule has 1 aliphatic heterocycles. The van der Waals surface area contributed by atoms with Gasteiger partial charge < -0.3 is 24.8 Å². The van der Waals surface area contributed by atoms with E-state index in [-0.39, 0.29) is 6.10 Å². The van der Waals surface area contributed by atoms with Gasteiger partial charge in [-0.25, -0.2) is 9.59 Å². The Morgan fingerprint density at radius 1 is 0.917 bits per heavy atom. The van der Waals surface area contributed by atoms with Crippen molar-refractivity contribution in [2.75, 3.05) is 7.11 Å². The molecule has 1 aliphatic rings. The van der Waals surface area contributed by atoms with E-state index < -0.39 is 18.0 Å². The van der Waals surface area contributed by atoms with Gasteiger partial charge in [-0.2, -0.15) is 0 Å². The SMILES string of the molecule is COc1ccc(C2=C(C(=O)OC(C)C)C(c3ccc(Oc4cc(C)ccc4C)cc3)NC(=O)N2)cc1. The minimum atomic E-state index is -0.711. The first-order valence-electron chi connectivity index (χ1n) is 11.8. The molecule has 1 heterocycles. The highest BCUT2D eigenvalue weighted by Gasteiger charge is 2.34. The lowest BCUT2D eigenvalue weighted by atomic mass is 9.92. The van der Waals surface area contributed by atoms with E-state index in [1.165, 1.54) is 0 Å². The van der Waals surface area contributed by atoms with Crippen LogP contribution in [0, 0.1) is 13.8 Å². The highest BCUT2D eigenvalue weighted by molar-refractivity contribution is 6.04. The zero-order valence-corrected chi connectivity index (χ0v) is 21.0. The van der Waals surface area contributed by atoms with Crippen LogP contribution < -0.4 is 20.1 Å². The summed E-state index contributed by atoms with van der Waals surface area (Å²) >= 11 is 0. The van der Waals surface area contributed by atoms with Crippen molar-refractivity contribution in [3.63, 3.8) is 0 Å². The topological polar surface area (TPSA) is 85.9 Å². The van der Waals surface area contributed by atoms with Gasteiger partial charge in [0.1, 0.15) is 17.2 Å². The highest BCUT2D eigenvalue weighted by Crippen LogP contribution is 2.34. The molecule has 1 atom stereocenters. The van der Waals surface area contributed by atoms with E-state index in [9.17, 15) is 9.59 Å². The number of esters is 1. The molecule has 7 heteroatoms. The Labute approximate surface area is 211 Å². The van der Waals surface area contributed by atoms with E-state index in [1.807, 2.05) is 56.3 Å². The van der Waals surface area contributed by atoms with Gasteiger partial charge in [0.05, 0.1) is 30.5 Å². The van der Waals surface area contributed by atoms with Gasteiger partial charge >= 0.3 is 12.0 Å². The molecular formula is C29H30N2O5. The van der Waals surface area contributed by atoms with E-state index in [2.05, 4.69) is 10.6 Å². The van der Waals surface area contributed by atoms with Crippen LogP contribution in [0.3, 0.4) is 0 Å². The van der Waals surface area contributed by atoms with Crippen LogP contribution in [0.15, 0.2) is 72.3 Å². The Bertz CT molecular complexity index is 1290. The van der Waals surface area contributed by atoms with Crippen LogP contribution in [0.4, 0.5) is 4.79 Å². The monoisotopic (exact) mass is 486 g/mol. The van der Waals surface area contributed by atoms with Crippen molar-refractivity contribution >= 4 is 17.7 Å². The summed E-state index contributed by atoms with van der Waals surface area (Å²) in [6, 6.07) is 19.4. The summed E-state index contributed by atoms with van der Waals surface area (Å²) in [5, 5.41) is 5.66. The molecule has 0 saturated heterocycles. The summed E-state index contributed by atoms with van der Waals surface area (Å²) < 4.78 is 16.9. The lowest BCUT2D eigenvalue weighted by Crippen LogP contribution is -2.45. The van der Waals surface area contributed by atoms with Crippen LogP contribution in [0.5, 0.6) is 17.2 Å². The molecule has 2 N–H and O–H groups in total. The fourth-order valence-electron chi connectivity index (χ4n) is 3.97. The quantitative estimate of drug-likeness (QED) is 0.411. The van der Waals surface area contributed by atoms with E-state index in [0.717, 1.165) is 22.4 Å². The summed E-state index contributed by atoms with van der Waals surface area (Å²) in [6.07, 6.45) is -0.325. The number of carbonyl (C=O) groups excluding carboxylic acids is 2. The van der Waals surface area contributed by atoms with Gasteiger partial charge in [0.15, 0.2) is 0 Å². The predicted octanol–water partition coefficient (Wildman–Crippen LogP) is 5.82. The van der Waals surface area contributed by atoms with Crippen molar-refractivity contribution in [3.05, 3.63) is 94.6 Å². The Balaban J connectivity index is 1.72. The molecule has 0 bridgehead atoms. The van der Waals surface area contributed by atoms with Crippen LogP contribution in [-0.4, -0.2) is 25.2 Å². The summed E-state index contributed by atoms with van der Waals surface area (Å²) in [5.74, 6) is 1.59. The van der Waals surface area contributed by atoms with Gasteiger partial charge in [-0.15, -0.1) is 0 Å². The molecule has 0 saturated carbocycles. The summed E-state index contributed by atoms with van der Waals surface area (Å²) in [6.45, 7) is 7.58. The molecule has 3 aromatic carbocycles. The molecule has 0 radical (unpaired) electrons. The number of urea groups is 1. The second kappa shape index (κ2) is 10.6. The van der Waals surface area contributed by atoms with Crippen molar-refractivity contribution in [1.29, 1.82) is 0 Å². The van der Waals surface area contributed by atoms with Gasteiger partial charge in [-0.1, -0.05) is 24.3 Å². The Morgan fingerprint density at radius 2 is 1.58 bits per heavy atom. The molecule has 36 heavy (non-hydrogen) atoms. The van der Waals surface area contributed by atoms with Gasteiger partial charge in [0.2, 0.25) is 0 Å². The van der Waals surface area contributed by atoms with Crippen LogP contribution in [0.1, 0.15) is 42.1 Å². The Kier molecular flexibility index (Phi) is 7.29. The fourth-order valence-corrected chi connectivity index (χ4v) is 3.97. The van der Waals surface area contributed by atoms with E-state index >= 15 is 0 Å². The number of aryl methyl sites for hydroxylation is 2. The second-order valence-corrected chi connectivity index (χ2v) is 8.94. The third-order valence-corrected chi connectivity index (χ3v) is 5.80. The molecule has 186 valence electrons. The van der Waals surface area contributed by atoms with E-state index in [4.69, 9.17) is 14.2 Å². The van der Waals surface area contributed by atoms with Crippen molar-refractivity contribution in [3.8, 4) is 17.2 Å². The maximum atomic E-state index is 13.3. The minimum absolute atomic E-state index is 0.316. The predicted molar refractivity (Wildman–Crippen MR) is 138 cm³/mol. The van der Waals surface area contributed by atoms with Crippen LogP contribution >= 0.6 is 0 Å². The summed E-state index contributed by atoms with van der Waals surface area (Å²) in [4.78, 5) is 25.9. The maximum Gasteiger partial charge on any atom is 0.338 e. The van der Waals surface area contributed by atoms with Crippen LogP contribution in [0.2, 0.25) is 0 Å². The van der Waals surface area contributed by atoms with Crippen molar-refractivity contribution in [2.45, 2.75) is 39.8 Å². The normalized spacial score (nSPS) is 15.3. The number of methoxy groups -OCH3 is 1. The molecule has 0 aliphatic carbocycles. The third kappa shape index (κ3) is 5.51. The molecule has 7 nitrogen and oxygen atoms in total. The number of ether oxygens (including phenoxy) is 3. The minimum Gasteiger partial charge on any atom is -0.497 e. The molecule has 4 rings (SSSR count). The van der Waals surface area contributed by atoms with E-state index in [0.29, 0.717) is 28.3 Å². The average Bonchev–Trinajstić information content (AvgIpc) is 2.85. The van der Waals surface area contributed by atoms with Crippen molar-refractivity contribution in [1.82, 2.24) is 10.6 Å². The number of benzene rings is 3. The van der Waals surface area contributed by atoms with Gasteiger partial charge in [-0.05, 0) is 92.4 Å². The number of hydrogen-bond acceptors (Lipinski definition) is 5. The highest BCUT2D eigenvalue weighted by atomic mass is 16.5. The molecule has 0 fully saturated rings. The molecule has 2 amide bonds. The van der Waals surface area contributed by atoms with Gasteiger partial charge in [0, 0.05) is 0 Å². The average molecular weight is 487 g/mol. The lowest BCUT2D eigenvalue weighted by molar-refractivity contribution is -0.143. The molecule has 1 unspecified atom stereocenters. The first-order valence-corrected chi connectivity index (χ1v) is 11.8. The molecule has 3 aromatic rings. The largest absolute Gasteiger partial charge is 0.497 e. The third-order valence-electron chi connectivity index (χ3n) is 5.80. The summed E-state index contributed by atoms with van der Waals surface area (Å²) in [5.41, 5.74) is 4.24. The second-order valence-electron chi connectivity index (χ2n) is 8.94. The van der Waals surface area contributed by atoms with Crippen molar-refractivity contribution < 1.29 is 23.8 Å². The van der Waals surface area contributed by atoms with Crippen LogP contribution in [-0.2, 0) is 9.53 Å². The summed E-state index contributed by atoms with van der Waals surface area (Å²) in [7, 11) is 1.58. The first kappa shape index (κ1) is 24.9. The Morgan fingerprint density at radius 3 is 2.22 bits per heavy atom. The van der Waals surface area contributed by atoms with Crippen LogP contribution in [0.25, 0.3) is 5.70 Å². The number of rotatable bonds is 7. The fraction of sp³-hybridized carbons (Fsp3) is 0.241.